The van der Waals surface area contributed by atoms with Crippen LogP contribution in [0.1, 0.15) is 67.8 Å². The molecular weight excluding hydrogens is 581 g/mol. The molecule has 0 aromatic carbocycles. The van der Waals surface area contributed by atoms with Gasteiger partial charge < -0.3 is 15.4 Å². The number of ether oxygens (including phenoxy) is 1. The Morgan fingerprint density at radius 1 is 1.11 bits per heavy atom. The Morgan fingerprint density at radius 3 is 2.50 bits per heavy atom. The molecule has 1 aliphatic rings. The highest BCUT2D eigenvalue weighted by Gasteiger charge is 2.33. The van der Waals surface area contributed by atoms with Crippen molar-refractivity contribution in [3.05, 3.63) is 47.4 Å². The van der Waals surface area contributed by atoms with Crippen molar-refractivity contribution in [3.63, 3.8) is 0 Å². The Balaban J connectivity index is 1.49. The van der Waals surface area contributed by atoms with Crippen molar-refractivity contribution in [2.75, 3.05) is 36.4 Å². The van der Waals surface area contributed by atoms with E-state index in [-0.39, 0.29) is 24.4 Å². The van der Waals surface area contributed by atoms with Gasteiger partial charge in [0.25, 0.3) is 5.91 Å². The molecule has 1 saturated carbocycles. The average molecular weight is 630 g/mol. The first-order valence-electron chi connectivity index (χ1n) is 15.5. The summed E-state index contributed by atoms with van der Waals surface area (Å²) in [5.41, 5.74) is 2.82. The number of hydrogen-bond donors (Lipinski definition) is 2. The van der Waals surface area contributed by atoms with Crippen LogP contribution in [0.4, 0.5) is 10.2 Å². The summed E-state index contributed by atoms with van der Waals surface area (Å²) < 4.78 is 24.7. The monoisotopic (exact) mass is 629 g/mol. The molecule has 12 heteroatoms. The van der Waals surface area contributed by atoms with Crippen LogP contribution in [-0.4, -0.2) is 73.5 Å². The normalized spacial score (nSPS) is 18.2. The van der Waals surface area contributed by atoms with Crippen molar-refractivity contribution in [2.45, 2.75) is 79.1 Å². The molecule has 2 amide bonds. The Labute approximate surface area is 261 Å². The molecule has 242 valence electrons. The van der Waals surface area contributed by atoms with Crippen LogP contribution in [0.5, 0.6) is 0 Å². The fourth-order valence-electron chi connectivity index (χ4n) is 5.71. The predicted octanol–water partition coefficient (Wildman–Crippen LogP) is 5.54. The molecule has 2 N–H and O–H groups in total. The van der Waals surface area contributed by atoms with Crippen molar-refractivity contribution in [2.24, 2.45) is 11.8 Å². The maximum Gasteiger partial charge on any atom is 0.270 e. The second-order valence-electron chi connectivity index (χ2n) is 12.8. The van der Waals surface area contributed by atoms with E-state index < -0.39 is 27.9 Å². The van der Waals surface area contributed by atoms with Gasteiger partial charge >= 0.3 is 0 Å². The number of hydrogen-bond acceptors (Lipinski definition) is 6. The van der Waals surface area contributed by atoms with Crippen LogP contribution in [0.2, 0.25) is 0 Å². The molecule has 3 aromatic heterocycles. The van der Waals surface area contributed by atoms with Gasteiger partial charge in [-0.1, -0.05) is 26.7 Å². The van der Waals surface area contributed by atoms with Crippen LogP contribution in [0.3, 0.4) is 0 Å². The van der Waals surface area contributed by atoms with Gasteiger partial charge in [0.1, 0.15) is 24.3 Å². The zero-order valence-corrected chi connectivity index (χ0v) is 28.0. The minimum atomic E-state index is -0.785. The van der Waals surface area contributed by atoms with Gasteiger partial charge in [0.2, 0.25) is 11.9 Å². The van der Waals surface area contributed by atoms with Gasteiger partial charge in [-0.25, -0.2) is 19.7 Å². The lowest BCUT2D eigenvalue weighted by atomic mass is 9.79. The Bertz CT molecular complexity index is 1440. The number of anilines is 1. The second-order valence-corrected chi connectivity index (χ2v) is 17.4. The third kappa shape index (κ3) is 8.47. The van der Waals surface area contributed by atoms with E-state index in [0.717, 1.165) is 43.6 Å². The van der Waals surface area contributed by atoms with E-state index >= 15 is 4.39 Å². The molecule has 1 atom stereocenters. The van der Waals surface area contributed by atoms with Crippen LogP contribution < -0.4 is 10.6 Å². The van der Waals surface area contributed by atoms with Crippen molar-refractivity contribution < 1.29 is 18.7 Å². The van der Waals surface area contributed by atoms with E-state index in [1.807, 2.05) is 20.8 Å². The van der Waals surface area contributed by atoms with Crippen LogP contribution >= 0.6 is 10.0 Å². The lowest BCUT2D eigenvalue weighted by Crippen LogP contribution is -2.49. The highest BCUT2D eigenvalue weighted by Crippen LogP contribution is 2.34. The quantitative estimate of drug-likeness (QED) is 0.190. The van der Waals surface area contributed by atoms with E-state index in [0.29, 0.717) is 41.6 Å². The number of aryl methyl sites for hydroxylation is 2. The van der Waals surface area contributed by atoms with Gasteiger partial charge in [-0.15, -0.1) is 0 Å². The van der Waals surface area contributed by atoms with Crippen LogP contribution in [0, 0.1) is 31.6 Å². The summed E-state index contributed by atoms with van der Waals surface area (Å²) in [4.78, 5) is 31.0. The van der Waals surface area contributed by atoms with E-state index in [2.05, 4.69) is 51.5 Å². The van der Waals surface area contributed by atoms with Crippen molar-refractivity contribution in [1.29, 1.82) is 0 Å². The lowest BCUT2D eigenvalue weighted by molar-refractivity contribution is -0.119. The first-order valence-corrected chi connectivity index (χ1v) is 18.5. The molecule has 1 aliphatic carbocycles. The van der Waals surface area contributed by atoms with Crippen LogP contribution in [0.25, 0.3) is 11.1 Å². The van der Waals surface area contributed by atoms with E-state index in [4.69, 9.17) is 4.74 Å². The first-order chi connectivity index (χ1) is 20.9. The summed E-state index contributed by atoms with van der Waals surface area (Å²) in [6.07, 6.45) is 12.7. The molecule has 3 aromatic rings. The van der Waals surface area contributed by atoms with Gasteiger partial charge in [0.05, 0.1) is 12.3 Å². The highest BCUT2D eigenvalue weighted by molar-refractivity contribution is 8.32. The number of nitrogens with one attached hydrogen (secondary N) is 2. The van der Waals surface area contributed by atoms with E-state index in [9.17, 15) is 9.59 Å². The molecule has 3 heterocycles. The zero-order valence-electron chi connectivity index (χ0n) is 27.2. The molecule has 0 unspecified atom stereocenters. The maximum absolute atomic E-state index is 15.5. The molecule has 44 heavy (non-hydrogen) atoms. The number of aromatic nitrogens is 5. The minimum absolute atomic E-state index is 0.0371. The number of rotatable bonds is 13. The number of carbonyl (C=O) groups excluding carboxylic acids is 2. The Hall–Kier alpha value is -3.25. The number of nitrogens with zero attached hydrogens (tertiary/aromatic N) is 5. The van der Waals surface area contributed by atoms with Gasteiger partial charge in [-0.3, -0.25) is 14.3 Å². The summed E-state index contributed by atoms with van der Waals surface area (Å²) in [5, 5.41) is 14.6. The van der Waals surface area contributed by atoms with Gasteiger partial charge in [0, 0.05) is 35.3 Å². The number of amides is 2. The number of carbonyl (C=O) groups is 2. The van der Waals surface area contributed by atoms with Gasteiger partial charge in [-0.2, -0.15) is 14.6 Å². The summed E-state index contributed by atoms with van der Waals surface area (Å²) in [6, 6.07) is 4.08. The third-order valence-corrected chi connectivity index (χ3v) is 9.68. The molecule has 0 saturated heterocycles. The van der Waals surface area contributed by atoms with Crippen molar-refractivity contribution >= 4 is 27.7 Å². The summed E-state index contributed by atoms with van der Waals surface area (Å²) in [5.74, 6) is 0.160. The molecule has 0 radical (unpaired) electrons. The first kappa shape index (κ1) is 33.6. The summed E-state index contributed by atoms with van der Waals surface area (Å²) in [6.45, 7) is 9.46. The smallest absolute Gasteiger partial charge is 0.270 e. The van der Waals surface area contributed by atoms with E-state index in [1.54, 1.807) is 33.8 Å². The molecule has 1 fully saturated rings. The van der Waals surface area contributed by atoms with E-state index in [1.165, 1.54) is 0 Å². The maximum atomic E-state index is 15.5. The largest absolute Gasteiger partial charge is 0.358 e. The predicted molar refractivity (Wildman–Crippen MR) is 175 cm³/mol. The molecular formula is C32H48FN7O3S. The third-order valence-electron chi connectivity index (χ3n) is 8.29. The Morgan fingerprint density at radius 2 is 1.84 bits per heavy atom. The van der Waals surface area contributed by atoms with Crippen molar-refractivity contribution in [3.8, 4) is 11.1 Å². The van der Waals surface area contributed by atoms with Crippen LogP contribution in [-0.2, 0) is 22.8 Å². The Kier molecular flexibility index (Phi) is 11.2. The fraction of sp³-hybridized carbons (Fsp3) is 0.594. The summed E-state index contributed by atoms with van der Waals surface area (Å²) in [7, 11) is -0.654. The zero-order chi connectivity index (χ0) is 32.0. The van der Waals surface area contributed by atoms with Crippen LogP contribution in [0.15, 0.2) is 24.4 Å². The number of halogens is 1. The van der Waals surface area contributed by atoms with Gasteiger partial charge in [-0.05, 0) is 81.9 Å². The average Bonchev–Trinajstić information content (AvgIpc) is 3.53. The van der Waals surface area contributed by atoms with Crippen molar-refractivity contribution in [1.82, 2.24) is 29.9 Å². The fourth-order valence-corrected chi connectivity index (χ4v) is 6.33. The number of pyridine rings is 1. The SMILES string of the molecule is CCCn1nccc1C(=O)N[C@H](C(=O)Nc1ccc(-c2c(C)nn(COCCS(C)(C)C)c2C)c(F)n1)C1CCC(C)CC1. The lowest BCUT2D eigenvalue weighted by Gasteiger charge is -2.32. The standard InChI is InChI=1S/C32H48FN7O3S/c1-8-17-39-26(15-16-34-39)31(41)37-29(24-11-9-21(2)10-12-24)32(42)36-27-14-13-25(30(33)35-27)28-22(3)38-40(23(28)4)20-43-18-19-44(5,6)7/h13-16,21,24,29H,8-12,17-20H2,1-7H3,(H,37,41)(H,35,36,42)/t21?,24?,29-/m0/s1. The molecule has 0 spiro atoms. The highest BCUT2D eigenvalue weighted by atomic mass is 32.3. The molecule has 0 aliphatic heterocycles. The minimum Gasteiger partial charge on any atom is -0.358 e. The second kappa shape index (κ2) is 14.7. The topological polar surface area (TPSA) is 116 Å². The molecule has 10 nitrogen and oxygen atoms in total. The van der Waals surface area contributed by atoms with Gasteiger partial charge in [0.15, 0.2) is 0 Å². The summed E-state index contributed by atoms with van der Waals surface area (Å²) >= 11 is 0. The molecule has 0 bridgehead atoms. The molecule has 4 rings (SSSR count).